The maximum Gasteiger partial charge on any atom is 0.317 e. The van der Waals surface area contributed by atoms with Crippen LogP contribution in [0, 0.1) is 0 Å². The topological polar surface area (TPSA) is 546 Å². The van der Waals surface area contributed by atoms with E-state index in [2.05, 4.69) is 58.5 Å². The number of likely N-dealkylation sites (N-methyl/N-ethyl adjacent to an activating group) is 1. The molecule has 0 fully saturated rings. The molecule has 5 atom stereocenters. The average Bonchev–Trinajstić information content (AvgIpc) is 3.67. The Balaban J connectivity index is 4.94. The van der Waals surface area contributed by atoms with E-state index in [-0.39, 0.29) is 111 Å². The number of carboxylic acids is 2. The van der Waals surface area contributed by atoms with Crippen molar-refractivity contribution < 1.29 is 121 Å². The molecule has 0 bridgehead atoms. The fraction of sp³-hybridized carbons (Fsp3) is 0.725. The van der Waals surface area contributed by atoms with E-state index in [9.17, 15) is 77.3 Å². The smallest absolute Gasteiger partial charge is 0.317 e. The molecule has 0 aromatic rings. The van der Waals surface area contributed by atoms with Crippen LogP contribution in [0.2, 0.25) is 0 Å². The number of hydrogen-bond donors (Lipinski definition) is 16. The Labute approximate surface area is 512 Å². The van der Waals surface area contributed by atoms with E-state index in [1.165, 1.54) is 7.05 Å². The van der Waals surface area contributed by atoms with Crippen LogP contribution < -0.4 is 64.2 Å². The van der Waals surface area contributed by atoms with Gasteiger partial charge >= 0.3 is 11.9 Å². The first kappa shape index (κ1) is 81.2. The summed E-state index contributed by atoms with van der Waals surface area (Å²) in [5, 5.41) is 64.2. The molecule has 38 heteroatoms. The average molecular weight is 1280 g/mol. The predicted molar refractivity (Wildman–Crippen MR) is 304 cm³/mol. The van der Waals surface area contributed by atoms with Crippen molar-refractivity contribution in [1.29, 1.82) is 0 Å². The van der Waals surface area contributed by atoms with E-state index in [0.29, 0.717) is 26.0 Å². The fourth-order valence-electron chi connectivity index (χ4n) is 6.88. The molecule has 0 aliphatic carbocycles. The molecular weight excluding hydrogens is 1190 g/mol. The molecule has 5 unspecified atom stereocenters. The maximum atomic E-state index is 13.6. The van der Waals surface area contributed by atoms with Crippen molar-refractivity contribution in [2.24, 2.45) is 5.73 Å². The van der Waals surface area contributed by atoms with Crippen molar-refractivity contribution in [3.05, 3.63) is 0 Å². The third kappa shape index (κ3) is 43.5. The zero-order valence-corrected chi connectivity index (χ0v) is 50.3. The van der Waals surface area contributed by atoms with Gasteiger partial charge in [-0.25, -0.2) is 0 Å². The van der Waals surface area contributed by atoms with Crippen LogP contribution in [0.15, 0.2) is 0 Å². The molecule has 0 saturated heterocycles. The van der Waals surface area contributed by atoms with Crippen LogP contribution in [-0.4, -0.2) is 303 Å². The second kappa shape index (κ2) is 51.1. The zero-order valence-electron chi connectivity index (χ0n) is 50.3. The largest absolute Gasteiger partial charge is 0.480 e. The summed E-state index contributed by atoms with van der Waals surface area (Å²) >= 11 is 0. The van der Waals surface area contributed by atoms with Gasteiger partial charge in [-0.15, -0.1) is 0 Å². The van der Waals surface area contributed by atoms with Gasteiger partial charge in [-0.2, -0.15) is 0 Å². The van der Waals surface area contributed by atoms with Crippen LogP contribution >= 0.6 is 0 Å². The molecule has 0 spiro atoms. The molecule has 38 nitrogen and oxygen atoms in total. The number of nitrogens with zero attached hydrogens (tertiary/aromatic N) is 1. The van der Waals surface area contributed by atoms with Gasteiger partial charge in [0, 0.05) is 46.3 Å². The van der Waals surface area contributed by atoms with E-state index < -0.39 is 167 Å². The van der Waals surface area contributed by atoms with E-state index in [4.69, 9.17) is 49.1 Å². The SMILES string of the molecule is CCCCC(NC(=O)C(CNC(=O)CN(CC(=O)O)CC(=O)O)NC(=O)C(CO)NC(=O)C(CCC(N)=O)NC(=O)C(CO)NC(=O)CNC(=O)COCCOCCNC(=O)COCCOCCNC(=O)COCCOCCNC(=O)COCC)C(=O)NC. The highest BCUT2D eigenvalue weighted by Gasteiger charge is 2.33. The number of amides is 12. The van der Waals surface area contributed by atoms with E-state index in [0.717, 1.165) is 4.90 Å². The molecule has 89 heavy (non-hydrogen) atoms. The monoisotopic (exact) mass is 1280 g/mol. The Morgan fingerprint density at radius 3 is 1.25 bits per heavy atom. The first-order valence-electron chi connectivity index (χ1n) is 28.3. The Morgan fingerprint density at radius 2 is 0.820 bits per heavy atom. The van der Waals surface area contributed by atoms with Gasteiger partial charge in [-0.3, -0.25) is 72.0 Å². The molecule has 508 valence electrons. The van der Waals surface area contributed by atoms with Crippen LogP contribution in [0.1, 0.15) is 46.0 Å². The van der Waals surface area contributed by atoms with Gasteiger partial charge in [-0.1, -0.05) is 19.8 Å². The Bertz CT molecular complexity index is 2200. The summed E-state index contributed by atoms with van der Waals surface area (Å²) in [4.78, 5) is 175. The number of hydrogen-bond acceptors (Lipinski definition) is 24. The molecule has 0 aliphatic heterocycles. The highest BCUT2D eigenvalue weighted by molar-refractivity contribution is 5.97. The van der Waals surface area contributed by atoms with Gasteiger partial charge in [0.2, 0.25) is 70.9 Å². The third-order valence-electron chi connectivity index (χ3n) is 11.3. The molecule has 17 N–H and O–H groups in total. The first-order valence-corrected chi connectivity index (χ1v) is 28.3. The van der Waals surface area contributed by atoms with E-state index in [1.807, 2.05) is 6.92 Å². The number of unbranched alkanes of at least 4 members (excludes halogenated alkanes) is 1. The van der Waals surface area contributed by atoms with Crippen LogP contribution in [0.25, 0.3) is 0 Å². The molecular formula is C51H89N13O25. The minimum atomic E-state index is -1.93. The predicted octanol–water partition coefficient (Wildman–Crippen LogP) is -10.2. The highest BCUT2D eigenvalue weighted by Crippen LogP contribution is 2.04. The number of carbonyl (C=O) groups excluding carboxylic acids is 12. The number of ether oxygens (including phenoxy) is 7. The molecule has 0 aromatic heterocycles. The standard InChI is InChI=1S/C51H89N13O25/c1-4-6-7-33(47(78)53-3)60-49(80)35(22-57-40(69)24-64(25-45(74)75)26-46(76)77)62-51(82)37(28-66)63-48(79)34(8-9-38(52)67)61-50(81)36(27-65)59-39(68)23-58-44(73)32-89-21-18-86-15-12-56-43(72)31-88-20-17-85-14-11-55-42(71)30-87-19-16-84-13-10-54-41(70)29-83-5-2/h33-37,65-66H,4-32H2,1-3H3,(H2,52,67)(H,53,78)(H,54,70)(H,55,71)(H,56,72)(H,57,69)(H,58,73)(H,59,68)(H,60,80)(H,61,81)(H,62,82)(H,63,79)(H,74,75)(H,76,77). The summed E-state index contributed by atoms with van der Waals surface area (Å²) in [6, 6.07) is -8.37. The van der Waals surface area contributed by atoms with Crippen molar-refractivity contribution in [1.82, 2.24) is 63.4 Å². The quantitative estimate of drug-likeness (QED) is 0.0252. The second-order valence-electron chi connectivity index (χ2n) is 18.7. The zero-order chi connectivity index (χ0) is 66.8. The van der Waals surface area contributed by atoms with Crippen LogP contribution in [0.5, 0.6) is 0 Å². The second-order valence-corrected chi connectivity index (χ2v) is 18.7. The lowest BCUT2D eigenvalue weighted by molar-refractivity contribution is -0.143. The van der Waals surface area contributed by atoms with Crippen molar-refractivity contribution in [3.63, 3.8) is 0 Å². The minimum Gasteiger partial charge on any atom is -0.480 e. The van der Waals surface area contributed by atoms with E-state index >= 15 is 0 Å². The number of nitrogens with two attached hydrogens (primary N) is 1. The van der Waals surface area contributed by atoms with Crippen molar-refractivity contribution >= 4 is 82.8 Å². The van der Waals surface area contributed by atoms with Gasteiger partial charge in [0.15, 0.2) is 0 Å². The summed E-state index contributed by atoms with van der Waals surface area (Å²) in [7, 11) is 1.30. The van der Waals surface area contributed by atoms with Crippen molar-refractivity contribution in [2.75, 3.05) is 165 Å². The number of primary amides is 1. The number of rotatable bonds is 55. The lowest BCUT2D eigenvalue weighted by atomic mass is 10.1. The van der Waals surface area contributed by atoms with Gasteiger partial charge < -0.3 is 118 Å². The molecule has 0 radical (unpaired) electrons. The number of carboxylic acid groups (broad SMARTS) is 2. The summed E-state index contributed by atoms with van der Waals surface area (Å²) in [6.07, 6.45) is 0.123. The van der Waals surface area contributed by atoms with Crippen molar-refractivity contribution in [3.8, 4) is 0 Å². The number of aliphatic hydroxyl groups excluding tert-OH is 2. The molecule has 12 amide bonds. The van der Waals surface area contributed by atoms with E-state index in [1.54, 1.807) is 6.92 Å². The van der Waals surface area contributed by atoms with Crippen LogP contribution in [0.3, 0.4) is 0 Å². The third-order valence-corrected chi connectivity index (χ3v) is 11.3. The summed E-state index contributed by atoms with van der Waals surface area (Å²) in [5.41, 5.74) is 5.26. The number of aliphatic hydroxyl groups is 2. The Hall–Kier alpha value is -7.82. The number of carbonyl (C=O) groups is 14. The minimum absolute atomic E-state index is 0.0129. The van der Waals surface area contributed by atoms with Gasteiger partial charge in [-0.05, 0) is 19.8 Å². The normalized spacial score (nSPS) is 12.6. The summed E-state index contributed by atoms with van der Waals surface area (Å²) in [6.45, 7) is -1.30. The first-order chi connectivity index (χ1) is 42.5. The number of aliphatic carboxylic acids is 2. The van der Waals surface area contributed by atoms with Crippen LogP contribution in [-0.2, 0) is 100 Å². The lowest BCUT2D eigenvalue weighted by Gasteiger charge is -2.26. The summed E-state index contributed by atoms with van der Waals surface area (Å²) in [5.74, 6) is -13.0. The van der Waals surface area contributed by atoms with Crippen molar-refractivity contribution in [2.45, 2.75) is 76.2 Å². The highest BCUT2D eigenvalue weighted by atomic mass is 16.5. The lowest BCUT2D eigenvalue weighted by Crippen LogP contribution is -2.62. The number of nitrogens with one attached hydrogen (secondary N) is 11. The van der Waals surface area contributed by atoms with Gasteiger partial charge in [0.1, 0.15) is 56.6 Å². The Morgan fingerprint density at radius 1 is 0.427 bits per heavy atom. The molecule has 0 aliphatic rings. The Kier molecular flexibility index (Phi) is 46.6. The molecule has 0 heterocycles. The van der Waals surface area contributed by atoms with Crippen LogP contribution in [0.4, 0.5) is 0 Å². The molecule has 0 aromatic carbocycles. The summed E-state index contributed by atoms with van der Waals surface area (Å²) < 4.78 is 36.7. The fourth-order valence-corrected chi connectivity index (χ4v) is 6.88. The van der Waals surface area contributed by atoms with Gasteiger partial charge in [0.05, 0.1) is 98.9 Å². The molecule has 0 saturated carbocycles. The van der Waals surface area contributed by atoms with Gasteiger partial charge in [0.25, 0.3) is 0 Å². The molecule has 0 rings (SSSR count). The maximum absolute atomic E-state index is 13.6.